The standard InChI is InChI=1S/C22H27N3O4/c1-27-19-11-15-14-29-21(22(26)16(15)12-20(19)28-2)13-24-7-9-25(10-8-24)18-6-4-3-5-17(18)23/h3-6,11-12,21H,7-10,13-14,23H2,1-2H3. The maximum Gasteiger partial charge on any atom is 0.193 e. The Bertz CT molecular complexity index is 894. The summed E-state index contributed by atoms with van der Waals surface area (Å²) in [6, 6.07) is 11.5. The maximum absolute atomic E-state index is 13.0. The van der Waals surface area contributed by atoms with Gasteiger partial charge in [0.25, 0.3) is 0 Å². The van der Waals surface area contributed by atoms with Gasteiger partial charge in [0.1, 0.15) is 6.10 Å². The molecule has 2 aromatic rings. The Kier molecular flexibility index (Phi) is 5.60. The monoisotopic (exact) mass is 397 g/mol. The predicted octanol–water partition coefficient (Wildman–Crippen LogP) is 2.19. The molecule has 29 heavy (non-hydrogen) atoms. The molecule has 154 valence electrons. The fourth-order valence-electron chi connectivity index (χ4n) is 4.03. The largest absolute Gasteiger partial charge is 0.493 e. The molecule has 0 saturated carbocycles. The number of para-hydroxylation sites is 2. The number of hydrogen-bond acceptors (Lipinski definition) is 7. The molecule has 0 bridgehead atoms. The lowest BCUT2D eigenvalue weighted by Crippen LogP contribution is -2.50. The Hall–Kier alpha value is -2.77. The molecule has 1 unspecified atom stereocenters. The highest BCUT2D eigenvalue weighted by molar-refractivity contribution is 6.02. The quantitative estimate of drug-likeness (QED) is 0.775. The van der Waals surface area contributed by atoms with Crippen molar-refractivity contribution in [1.82, 2.24) is 4.90 Å². The van der Waals surface area contributed by atoms with Crippen LogP contribution in [0.1, 0.15) is 15.9 Å². The van der Waals surface area contributed by atoms with Gasteiger partial charge in [0, 0.05) is 38.3 Å². The van der Waals surface area contributed by atoms with E-state index in [9.17, 15) is 4.79 Å². The highest BCUT2D eigenvalue weighted by atomic mass is 16.5. The van der Waals surface area contributed by atoms with Crippen LogP contribution in [0.4, 0.5) is 11.4 Å². The number of anilines is 2. The van der Waals surface area contributed by atoms with Gasteiger partial charge in [-0.05, 0) is 29.8 Å². The number of ketones is 1. The van der Waals surface area contributed by atoms with Gasteiger partial charge in [-0.15, -0.1) is 0 Å². The van der Waals surface area contributed by atoms with Crippen LogP contribution >= 0.6 is 0 Å². The Morgan fingerprint density at radius 3 is 2.45 bits per heavy atom. The molecule has 2 heterocycles. The molecule has 1 saturated heterocycles. The number of piperazine rings is 1. The smallest absolute Gasteiger partial charge is 0.193 e. The van der Waals surface area contributed by atoms with E-state index >= 15 is 0 Å². The van der Waals surface area contributed by atoms with Gasteiger partial charge in [0.2, 0.25) is 0 Å². The van der Waals surface area contributed by atoms with E-state index in [0.29, 0.717) is 30.2 Å². The minimum absolute atomic E-state index is 0.00179. The molecule has 0 radical (unpaired) electrons. The van der Waals surface area contributed by atoms with E-state index in [1.54, 1.807) is 20.3 Å². The molecule has 2 N–H and O–H groups in total. The molecule has 7 nitrogen and oxygen atoms in total. The van der Waals surface area contributed by atoms with Crippen molar-refractivity contribution in [2.45, 2.75) is 12.7 Å². The number of nitrogens with two attached hydrogens (primary N) is 1. The van der Waals surface area contributed by atoms with Crippen molar-refractivity contribution in [1.29, 1.82) is 0 Å². The third kappa shape index (κ3) is 3.88. The fraction of sp³-hybridized carbons (Fsp3) is 0.409. The summed E-state index contributed by atoms with van der Waals surface area (Å²) < 4.78 is 16.6. The van der Waals surface area contributed by atoms with Gasteiger partial charge in [-0.2, -0.15) is 0 Å². The average Bonchev–Trinajstić information content (AvgIpc) is 2.76. The van der Waals surface area contributed by atoms with Crippen LogP contribution in [-0.4, -0.2) is 63.7 Å². The number of benzene rings is 2. The molecule has 2 aliphatic rings. The Balaban J connectivity index is 1.40. The van der Waals surface area contributed by atoms with Crippen LogP contribution in [0.5, 0.6) is 11.5 Å². The highest BCUT2D eigenvalue weighted by Gasteiger charge is 2.32. The lowest BCUT2D eigenvalue weighted by molar-refractivity contribution is 0.00989. The van der Waals surface area contributed by atoms with Crippen LogP contribution < -0.4 is 20.1 Å². The first kappa shape index (κ1) is 19.5. The van der Waals surface area contributed by atoms with Crippen molar-refractivity contribution in [3.63, 3.8) is 0 Å². The second-order valence-electron chi connectivity index (χ2n) is 7.37. The molecular formula is C22H27N3O4. The molecule has 2 aromatic carbocycles. The highest BCUT2D eigenvalue weighted by Crippen LogP contribution is 2.34. The minimum atomic E-state index is -0.464. The summed E-state index contributed by atoms with van der Waals surface area (Å²) in [5, 5.41) is 0. The zero-order valence-electron chi connectivity index (χ0n) is 16.9. The zero-order chi connectivity index (χ0) is 20.4. The van der Waals surface area contributed by atoms with Crippen molar-refractivity contribution in [3.8, 4) is 11.5 Å². The normalized spacial score (nSPS) is 19.7. The average molecular weight is 397 g/mol. The van der Waals surface area contributed by atoms with Crippen molar-refractivity contribution in [2.24, 2.45) is 0 Å². The Morgan fingerprint density at radius 1 is 1.07 bits per heavy atom. The second kappa shape index (κ2) is 8.31. The van der Waals surface area contributed by atoms with Crippen LogP contribution in [-0.2, 0) is 11.3 Å². The van der Waals surface area contributed by atoms with E-state index in [4.69, 9.17) is 19.9 Å². The van der Waals surface area contributed by atoms with E-state index in [1.807, 2.05) is 24.3 Å². The molecule has 1 fully saturated rings. The number of fused-ring (bicyclic) bond motifs is 1. The van der Waals surface area contributed by atoms with Crippen LogP contribution in [0.25, 0.3) is 0 Å². The fourth-order valence-corrected chi connectivity index (χ4v) is 4.03. The van der Waals surface area contributed by atoms with E-state index < -0.39 is 6.10 Å². The zero-order valence-corrected chi connectivity index (χ0v) is 16.9. The summed E-state index contributed by atoms with van der Waals surface area (Å²) in [6.07, 6.45) is -0.464. The van der Waals surface area contributed by atoms with Crippen LogP contribution in [0.15, 0.2) is 36.4 Å². The van der Waals surface area contributed by atoms with Gasteiger partial charge in [0.15, 0.2) is 17.3 Å². The Labute approximate surface area is 170 Å². The van der Waals surface area contributed by atoms with E-state index in [2.05, 4.69) is 15.9 Å². The summed E-state index contributed by atoms with van der Waals surface area (Å²) in [5.74, 6) is 1.17. The van der Waals surface area contributed by atoms with Gasteiger partial charge in [-0.25, -0.2) is 0 Å². The number of methoxy groups -OCH3 is 2. The van der Waals surface area contributed by atoms with Crippen LogP contribution in [0, 0.1) is 0 Å². The SMILES string of the molecule is COc1cc2c(cc1OC)C(=O)C(CN1CCN(c3ccccc3N)CC1)OC2. The van der Waals surface area contributed by atoms with Crippen molar-refractivity contribution in [2.75, 3.05) is 57.6 Å². The number of nitrogen functional groups attached to an aromatic ring is 1. The first-order valence-electron chi connectivity index (χ1n) is 9.83. The van der Waals surface area contributed by atoms with E-state index in [0.717, 1.165) is 43.1 Å². The lowest BCUT2D eigenvalue weighted by Gasteiger charge is -2.38. The summed E-state index contributed by atoms with van der Waals surface area (Å²) in [7, 11) is 3.16. The summed E-state index contributed by atoms with van der Waals surface area (Å²) in [6.45, 7) is 4.45. The first-order valence-corrected chi connectivity index (χ1v) is 9.83. The molecule has 4 rings (SSSR count). The van der Waals surface area contributed by atoms with Crippen LogP contribution in [0.2, 0.25) is 0 Å². The summed E-state index contributed by atoms with van der Waals surface area (Å²) in [4.78, 5) is 17.6. The number of Topliss-reactive ketones (excluding diaryl/α,β-unsaturated/α-hetero) is 1. The van der Waals surface area contributed by atoms with Crippen molar-refractivity contribution >= 4 is 17.2 Å². The number of rotatable bonds is 5. The number of hydrogen-bond donors (Lipinski definition) is 1. The lowest BCUT2D eigenvalue weighted by atomic mass is 9.96. The number of carbonyl (C=O) groups excluding carboxylic acids is 1. The molecule has 1 atom stereocenters. The minimum Gasteiger partial charge on any atom is -0.493 e. The van der Waals surface area contributed by atoms with Gasteiger partial charge in [-0.1, -0.05) is 12.1 Å². The van der Waals surface area contributed by atoms with Crippen molar-refractivity contribution in [3.05, 3.63) is 47.5 Å². The third-order valence-corrected chi connectivity index (χ3v) is 5.68. The van der Waals surface area contributed by atoms with Gasteiger partial charge in [0.05, 0.1) is 32.2 Å². The second-order valence-corrected chi connectivity index (χ2v) is 7.37. The van der Waals surface area contributed by atoms with Gasteiger partial charge in [-0.3, -0.25) is 9.69 Å². The molecule has 0 aliphatic carbocycles. The number of carbonyl (C=O) groups is 1. The van der Waals surface area contributed by atoms with Crippen LogP contribution in [0.3, 0.4) is 0 Å². The maximum atomic E-state index is 13.0. The molecular weight excluding hydrogens is 370 g/mol. The Morgan fingerprint density at radius 2 is 1.76 bits per heavy atom. The molecule has 0 aromatic heterocycles. The molecule has 7 heteroatoms. The molecule has 0 amide bonds. The van der Waals surface area contributed by atoms with Gasteiger partial charge < -0.3 is 24.8 Å². The summed E-state index contributed by atoms with van der Waals surface area (Å²) >= 11 is 0. The third-order valence-electron chi connectivity index (χ3n) is 5.68. The van der Waals surface area contributed by atoms with E-state index in [-0.39, 0.29) is 5.78 Å². The number of ether oxygens (including phenoxy) is 3. The first-order chi connectivity index (χ1) is 14.1. The molecule has 0 spiro atoms. The molecule has 2 aliphatic heterocycles. The summed E-state index contributed by atoms with van der Waals surface area (Å²) in [5.41, 5.74) is 9.48. The van der Waals surface area contributed by atoms with E-state index in [1.165, 1.54) is 0 Å². The van der Waals surface area contributed by atoms with Crippen molar-refractivity contribution < 1.29 is 19.0 Å². The topological polar surface area (TPSA) is 77.3 Å². The number of nitrogens with zero attached hydrogens (tertiary/aromatic N) is 2. The predicted molar refractivity (Wildman–Crippen MR) is 112 cm³/mol. The van der Waals surface area contributed by atoms with Gasteiger partial charge >= 0.3 is 0 Å².